The highest BCUT2D eigenvalue weighted by Crippen LogP contribution is 2.16. The maximum atomic E-state index is 2.50. The van der Waals surface area contributed by atoms with E-state index in [-0.39, 0.29) is 0 Å². The summed E-state index contributed by atoms with van der Waals surface area (Å²) in [5.74, 6) is 0.924. The van der Waals surface area contributed by atoms with E-state index in [9.17, 15) is 0 Å². The van der Waals surface area contributed by atoms with Gasteiger partial charge in [-0.15, -0.1) is 0 Å². The highest BCUT2D eigenvalue weighted by molar-refractivity contribution is 4.72. The zero-order valence-electron chi connectivity index (χ0n) is 11.6. The number of nitrogens with zero attached hydrogens (tertiary/aromatic N) is 3. The number of piperidine rings is 1. The normalized spacial score (nSPS) is 19.9. The molecule has 0 radical (unpaired) electrons. The highest BCUT2D eigenvalue weighted by Gasteiger charge is 2.17. The molecule has 0 spiro atoms. The summed E-state index contributed by atoms with van der Waals surface area (Å²) < 4.78 is 0. The zero-order valence-corrected chi connectivity index (χ0v) is 11.6. The van der Waals surface area contributed by atoms with E-state index in [4.69, 9.17) is 0 Å². The molecule has 1 aliphatic heterocycles. The summed E-state index contributed by atoms with van der Waals surface area (Å²) in [5, 5.41) is 0. The molecule has 1 fully saturated rings. The fraction of sp³-hybridized carbons (Fsp3) is 1.00. The lowest BCUT2D eigenvalue weighted by Crippen LogP contribution is -2.38. The smallest absolute Gasteiger partial charge is 0.0106 e. The van der Waals surface area contributed by atoms with Gasteiger partial charge < -0.3 is 14.7 Å². The first-order valence-corrected chi connectivity index (χ1v) is 6.67. The monoisotopic (exact) mass is 227 g/mol. The third-order valence-electron chi connectivity index (χ3n) is 3.81. The number of likely N-dealkylation sites (tertiary alicyclic amines) is 1. The van der Waals surface area contributed by atoms with E-state index >= 15 is 0 Å². The van der Waals surface area contributed by atoms with Crippen LogP contribution in [0.4, 0.5) is 0 Å². The minimum absolute atomic E-state index is 0.924. The molecule has 0 bridgehead atoms. The summed E-state index contributed by atoms with van der Waals surface area (Å²) in [7, 11) is 6.70. The molecule has 0 atom stereocenters. The Morgan fingerprint density at radius 1 is 1.06 bits per heavy atom. The second-order valence-corrected chi connectivity index (χ2v) is 5.40. The fourth-order valence-corrected chi connectivity index (χ4v) is 2.28. The van der Waals surface area contributed by atoms with E-state index in [1.165, 1.54) is 45.6 Å². The van der Waals surface area contributed by atoms with Crippen molar-refractivity contribution >= 4 is 0 Å². The van der Waals surface area contributed by atoms with Gasteiger partial charge in [-0.2, -0.15) is 0 Å². The van der Waals surface area contributed by atoms with Crippen molar-refractivity contribution in [2.75, 3.05) is 60.4 Å². The van der Waals surface area contributed by atoms with E-state index in [2.05, 4.69) is 42.8 Å². The van der Waals surface area contributed by atoms with Crippen molar-refractivity contribution in [2.45, 2.75) is 19.8 Å². The topological polar surface area (TPSA) is 9.72 Å². The van der Waals surface area contributed by atoms with Gasteiger partial charge in [0, 0.05) is 19.6 Å². The number of hydrogen-bond donors (Lipinski definition) is 0. The summed E-state index contributed by atoms with van der Waals surface area (Å²) >= 11 is 0. The van der Waals surface area contributed by atoms with Crippen LogP contribution in [0, 0.1) is 5.92 Å². The van der Waals surface area contributed by atoms with Gasteiger partial charge in [-0.25, -0.2) is 0 Å². The van der Waals surface area contributed by atoms with E-state index in [0.717, 1.165) is 12.5 Å². The van der Waals surface area contributed by atoms with Gasteiger partial charge in [-0.1, -0.05) is 6.92 Å². The largest absolute Gasteiger partial charge is 0.306 e. The lowest BCUT2D eigenvalue weighted by atomic mass is 9.97. The summed E-state index contributed by atoms with van der Waals surface area (Å²) in [6, 6.07) is 0. The SMILES string of the molecule is CCN(C)CCN(C)CC1CCN(C)CC1. The van der Waals surface area contributed by atoms with E-state index in [0.29, 0.717) is 0 Å². The Balaban J connectivity index is 2.11. The average molecular weight is 227 g/mol. The minimum Gasteiger partial charge on any atom is -0.306 e. The van der Waals surface area contributed by atoms with Crippen molar-refractivity contribution in [1.29, 1.82) is 0 Å². The van der Waals surface area contributed by atoms with Gasteiger partial charge in [0.05, 0.1) is 0 Å². The van der Waals surface area contributed by atoms with Crippen LogP contribution < -0.4 is 0 Å². The Kier molecular flexibility index (Phi) is 6.32. The van der Waals surface area contributed by atoms with Crippen LogP contribution in [0.25, 0.3) is 0 Å². The van der Waals surface area contributed by atoms with Crippen molar-refractivity contribution in [2.24, 2.45) is 5.92 Å². The summed E-state index contributed by atoms with van der Waals surface area (Å²) in [6.07, 6.45) is 2.76. The molecule has 0 aromatic rings. The molecule has 0 aromatic heterocycles. The molecule has 0 aromatic carbocycles. The van der Waals surface area contributed by atoms with E-state index in [1.807, 2.05) is 0 Å². The predicted octanol–water partition coefficient (Wildman–Crippen LogP) is 1.21. The first kappa shape index (κ1) is 13.9. The van der Waals surface area contributed by atoms with Crippen LogP contribution in [0.5, 0.6) is 0 Å². The lowest BCUT2D eigenvalue weighted by Gasteiger charge is -2.32. The summed E-state index contributed by atoms with van der Waals surface area (Å²) in [5.41, 5.74) is 0. The van der Waals surface area contributed by atoms with Crippen molar-refractivity contribution in [1.82, 2.24) is 14.7 Å². The molecule has 3 nitrogen and oxygen atoms in total. The van der Waals surface area contributed by atoms with Crippen molar-refractivity contribution in [3.8, 4) is 0 Å². The molecule has 1 saturated heterocycles. The number of likely N-dealkylation sites (N-methyl/N-ethyl adjacent to an activating group) is 2. The van der Waals surface area contributed by atoms with Crippen molar-refractivity contribution in [3.63, 3.8) is 0 Å². The molecule has 0 N–H and O–H groups in total. The molecular weight excluding hydrogens is 198 g/mol. The minimum atomic E-state index is 0.924. The Labute approximate surface area is 101 Å². The van der Waals surface area contributed by atoms with Gasteiger partial charge in [-0.05, 0) is 59.5 Å². The quantitative estimate of drug-likeness (QED) is 0.675. The zero-order chi connectivity index (χ0) is 12.0. The standard InChI is InChI=1S/C13H29N3/c1-5-14(2)10-11-16(4)12-13-6-8-15(3)9-7-13/h13H,5-12H2,1-4H3. The molecule has 1 aliphatic rings. The molecule has 16 heavy (non-hydrogen) atoms. The van der Waals surface area contributed by atoms with Crippen LogP contribution >= 0.6 is 0 Å². The fourth-order valence-electron chi connectivity index (χ4n) is 2.28. The maximum absolute atomic E-state index is 2.50. The number of hydrogen-bond acceptors (Lipinski definition) is 3. The van der Waals surface area contributed by atoms with Crippen LogP contribution in [0.2, 0.25) is 0 Å². The van der Waals surface area contributed by atoms with Crippen LogP contribution in [0.1, 0.15) is 19.8 Å². The van der Waals surface area contributed by atoms with Crippen LogP contribution in [-0.4, -0.2) is 75.1 Å². The second kappa shape index (κ2) is 7.25. The lowest BCUT2D eigenvalue weighted by molar-refractivity contribution is 0.168. The third-order valence-corrected chi connectivity index (χ3v) is 3.81. The Bertz CT molecular complexity index is 176. The van der Waals surface area contributed by atoms with Gasteiger partial charge in [0.1, 0.15) is 0 Å². The van der Waals surface area contributed by atoms with Crippen molar-refractivity contribution < 1.29 is 0 Å². The molecule has 1 heterocycles. The Morgan fingerprint density at radius 2 is 1.62 bits per heavy atom. The van der Waals surface area contributed by atoms with Crippen LogP contribution in [0.3, 0.4) is 0 Å². The van der Waals surface area contributed by atoms with Gasteiger partial charge >= 0.3 is 0 Å². The summed E-state index contributed by atoms with van der Waals surface area (Å²) in [6.45, 7) is 9.63. The van der Waals surface area contributed by atoms with E-state index < -0.39 is 0 Å². The van der Waals surface area contributed by atoms with Crippen LogP contribution in [0.15, 0.2) is 0 Å². The van der Waals surface area contributed by atoms with Gasteiger partial charge in [0.2, 0.25) is 0 Å². The molecule has 0 unspecified atom stereocenters. The second-order valence-electron chi connectivity index (χ2n) is 5.40. The highest BCUT2D eigenvalue weighted by atomic mass is 15.2. The molecular formula is C13H29N3. The Morgan fingerprint density at radius 3 is 2.19 bits per heavy atom. The van der Waals surface area contributed by atoms with Gasteiger partial charge in [0.25, 0.3) is 0 Å². The van der Waals surface area contributed by atoms with E-state index in [1.54, 1.807) is 0 Å². The average Bonchev–Trinajstić information content (AvgIpc) is 2.29. The van der Waals surface area contributed by atoms with Gasteiger partial charge in [0.15, 0.2) is 0 Å². The van der Waals surface area contributed by atoms with Crippen molar-refractivity contribution in [3.05, 3.63) is 0 Å². The molecule has 0 saturated carbocycles. The Hall–Kier alpha value is -0.120. The molecule has 0 aliphatic carbocycles. The first-order valence-electron chi connectivity index (χ1n) is 6.67. The molecule has 0 amide bonds. The molecule has 96 valence electrons. The number of rotatable bonds is 6. The first-order chi connectivity index (χ1) is 7.61. The molecule has 1 rings (SSSR count). The van der Waals surface area contributed by atoms with Gasteiger partial charge in [-0.3, -0.25) is 0 Å². The molecule has 3 heteroatoms. The maximum Gasteiger partial charge on any atom is 0.0106 e. The predicted molar refractivity (Wildman–Crippen MR) is 70.9 cm³/mol. The summed E-state index contributed by atoms with van der Waals surface area (Å²) in [4.78, 5) is 7.33. The van der Waals surface area contributed by atoms with Crippen LogP contribution in [-0.2, 0) is 0 Å². The third kappa shape index (κ3) is 5.28.